The number of anilines is 1. The van der Waals surface area contributed by atoms with E-state index in [1.54, 1.807) is 18.2 Å². The molecule has 0 aromatic carbocycles. The Labute approximate surface area is 250 Å². The fraction of sp³-hybridized carbons (Fsp3) is 0.633. The molecular weight excluding hydrogens is 562 g/mol. The maximum Gasteiger partial charge on any atom is 0.410 e. The highest BCUT2D eigenvalue weighted by atomic mass is 19.3. The van der Waals surface area contributed by atoms with Crippen LogP contribution in [0.5, 0.6) is 0 Å². The minimum atomic E-state index is -2.74. The fourth-order valence-electron chi connectivity index (χ4n) is 6.47. The van der Waals surface area contributed by atoms with Crippen molar-refractivity contribution in [1.82, 2.24) is 19.4 Å². The lowest BCUT2D eigenvalue weighted by atomic mass is 9.77. The van der Waals surface area contributed by atoms with E-state index in [2.05, 4.69) is 37.9 Å². The van der Waals surface area contributed by atoms with Crippen LogP contribution < -0.4 is 4.90 Å². The number of aliphatic imine (C=N–C) groups is 1. The lowest BCUT2D eigenvalue weighted by Gasteiger charge is -2.46. The third-order valence-corrected chi connectivity index (χ3v) is 9.29. The second kappa shape index (κ2) is 12.8. The molecule has 0 saturated carbocycles. The molecule has 2 aromatic heterocycles. The Balaban J connectivity index is 1.07. The van der Waals surface area contributed by atoms with Crippen LogP contribution in [-0.4, -0.2) is 128 Å². The Morgan fingerprint density at radius 3 is 2.56 bits per heavy atom. The monoisotopic (exact) mass is 602 g/mol. The number of rotatable bonds is 9. The highest BCUT2D eigenvalue weighted by molar-refractivity contribution is 6.10. The van der Waals surface area contributed by atoms with Gasteiger partial charge in [0.2, 0.25) is 0 Å². The van der Waals surface area contributed by atoms with Crippen LogP contribution in [0.25, 0.3) is 5.52 Å². The van der Waals surface area contributed by atoms with Gasteiger partial charge in [-0.3, -0.25) is 9.89 Å². The van der Waals surface area contributed by atoms with Crippen molar-refractivity contribution < 1.29 is 32.5 Å². The van der Waals surface area contributed by atoms with Crippen molar-refractivity contribution in [2.75, 3.05) is 77.6 Å². The lowest BCUT2D eigenvalue weighted by Crippen LogP contribution is -2.53. The zero-order chi connectivity index (χ0) is 30.0. The number of nitrogens with zero attached hydrogens (tertiary/aromatic N) is 6. The Morgan fingerprint density at radius 2 is 1.93 bits per heavy atom. The minimum Gasteiger partial charge on any atom is -0.441 e. The van der Waals surface area contributed by atoms with Gasteiger partial charge in [0.25, 0.3) is 0 Å². The number of piperidine rings is 1. The predicted octanol–water partition coefficient (Wildman–Crippen LogP) is 3.08. The Morgan fingerprint density at radius 1 is 1.16 bits per heavy atom. The molecular formula is C30H40F2N6O5. The number of amides is 1. The number of hydrogen-bond acceptors (Lipinski definition) is 9. The molecule has 11 nitrogen and oxygen atoms in total. The van der Waals surface area contributed by atoms with Crippen LogP contribution in [0, 0.1) is 5.92 Å². The van der Waals surface area contributed by atoms with Crippen molar-refractivity contribution in [2.24, 2.45) is 10.9 Å². The van der Waals surface area contributed by atoms with Gasteiger partial charge in [0.1, 0.15) is 0 Å². The zero-order valence-corrected chi connectivity index (χ0v) is 24.7. The molecule has 0 N–H and O–H groups in total. The fourth-order valence-corrected chi connectivity index (χ4v) is 6.47. The van der Waals surface area contributed by atoms with E-state index in [4.69, 9.17) is 19.2 Å². The maximum absolute atomic E-state index is 12.5. The van der Waals surface area contributed by atoms with Crippen molar-refractivity contribution >= 4 is 23.0 Å². The largest absolute Gasteiger partial charge is 0.441 e. The number of fused-ring (bicyclic) bond motifs is 1. The molecule has 3 fully saturated rings. The molecule has 0 aliphatic carbocycles. The van der Waals surface area contributed by atoms with Gasteiger partial charge < -0.3 is 28.7 Å². The highest BCUT2D eigenvalue weighted by Crippen LogP contribution is 2.37. The first-order chi connectivity index (χ1) is 20.8. The number of alkyl halides is 2. The zero-order valence-electron chi connectivity index (χ0n) is 24.7. The van der Waals surface area contributed by atoms with Gasteiger partial charge in [-0.05, 0) is 38.0 Å². The summed E-state index contributed by atoms with van der Waals surface area (Å²) < 4.78 is 48.0. The summed E-state index contributed by atoms with van der Waals surface area (Å²) in [7, 11) is 1.76. The molecule has 0 radical (unpaired) electrons. The predicted molar refractivity (Wildman–Crippen MR) is 156 cm³/mol. The third-order valence-electron chi connectivity index (χ3n) is 9.29. The molecule has 6 heterocycles. The number of halogens is 2. The van der Waals surface area contributed by atoms with Crippen LogP contribution in [0.4, 0.5) is 19.3 Å². The van der Waals surface area contributed by atoms with Crippen LogP contribution >= 0.6 is 0 Å². The summed E-state index contributed by atoms with van der Waals surface area (Å²) in [6.45, 7) is 4.86. The summed E-state index contributed by atoms with van der Waals surface area (Å²) in [6.07, 6.45) is 9.28. The number of aromatic nitrogens is 2. The molecule has 1 amide bonds. The number of hydrogen-bond donors (Lipinski definition) is 0. The van der Waals surface area contributed by atoms with E-state index in [-0.39, 0.29) is 36.4 Å². The molecule has 2 aromatic rings. The molecule has 0 bridgehead atoms. The molecule has 234 valence electrons. The molecule has 6 rings (SSSR count). The lowest BCUT2D eigenvalue weighted by molar-refractivity contribution is -0.146. The van der Waals surface area contributed by atoms with Gasteiger partial charge in [0, 0.05) is 82.8 Å². The summed E-state index contributed by atoms with van der Waals surface area (Å²) in [5.74, 6) is 0.126. The van der Waals surface area contributed by atoms with Crippen molar-refractivity contribution in [2.45, 2.75) is 44.1 Å². The minimum absolute atomic E-state index is 0.0125. The van der Waals surface area contributed by atoms with E-state index in [1.807, 2.05) is 23.7 Å². The highest BCUT2D eigenvalue weighted by Gasteiger charge is 2.42. The van der Waals surface area contributed by atoms with Crippen LogP contribution in [-0.2, 0) is 18.9 Å². The summed E-state index contributed by atoms with van der Waals surface area (Å²) in [5.41, 5.74) is 3.61. The van der Waals surface area contributed by atoms with E-state index in [1.165, 1.54) is 0 Å². The average Bonchev–Trinajstić information content (AvgIpc) is 3.46. The quantitative estimate of drug-likeness (QED) is 0.433. The normalized spacial score (nSPS) is 23.8. The van der Waals surface area contributed by atoms with Crippen LogP contribution in [0.2, 0.25) is 0 Å². The standard InChI is InChI=1S/C30H40F2N6O5/c1-21(18-42-28(31)32)35-9-6-30(40-2,7-10-35)23-3-4-25(33-16-23)22-15-27-26(5-8-34-38(27)17-22)36-11-13-37(14-12-36)29(39)43-24-19-41-20-24/h3-5,8,15,17,21,23-24,28H,6-7,9-14,16,18-20H2,1-2H3/t21-,23?/m0/s1. The molecule has 0 spiro atoms. The topological polar surface area (TPSA) is 93.4 Å². The number of methoxy groups -OCH3 is 1. The third kappa shape index (κ3) is 6.40. The second-order valence-electron chi connectivity index (χ2n) is 11.7. The van der Waals surface area contributed by atoms with Crippen molar-refractivity contribution in [3.8, 4) is 0 Å². The summed E-state index contributed by atoms with van der Waals surface area (Å²) in [5, 5.41) is 4.54. The number of likely N-dealkylation sites (tertiary alicyclic amines) is 1. The molecule has 3 saturated heterocycles. The van der Waals surface area contributed by atoms with Gasteiger partial charge in [0.05, 0.1) is 42.3 Å². The number of carbonyl (C=O) groups is 1. The molecule has 4 aliphatic heterocycles. The first-order valence-corrected chi connectivity index (χ1v) is 15.0. The second-order valence-corrected chi connectivity index (χ2v) is 11.7. The number of dihydropyridines is 1. The van der Waals surface area contributed by atoms with Crippen LogP contribution in [0.15, 0.2) is 41.7 Å². The number of piperazine rings is 1. The number of allylic oxidation sites excluding steroid dienone is 1. The van der Waals surface area contributed by atoms with Gasteiger partial charge in [-0.1, -0.05) is 6.08 Å². The van der Waals surface area contributed by atoms with Gasteiger partial charge in [-0.25, -0.2) is 9.31 Å². The van der Waals surface area contributed by atoms with E-state index >= 15 is 0 Å². The first-order valence-electron chi connectivity index (χ1n) is 15.0. The maximum atomic E-state index is 12.5. The summed E-state index contributed by atoms with van der Waals surface area (Å²) in [6, 6.07) is 4.06. The van der Waals surface area contributed by atoms with Crippen molar-refractivity contribution in [1.29, 1.82) is 0 Å². The van der Waals surface area contributed by atoms with Gasteiger partial charge in [-0.15, -0.1) is 0 Å². The first kappa shape index (κ1) is 29.9. The molecule has 4 aliphatic rings. The van der Waals surface area contributed by atoms with Gasteiger partial charge >= 0.3 is 12.7 Å². The Bertz CT molecular complexity index is 1330. The summed E-state index contributed by atoms with van der Waals surface area (Å²) >= 11 is 0. The molecule has 1 unspecified atom stereocenters. The summed E-state index contributed by atoms with van der Waals surface area (Å²) in [4.78, 5) is 23.6. The van der Waals surface area contributed by atoms with Crippen LogP contribution in [0.3, 0.4) is 0 Å². The average molecular weight is 603 g/mol. The van der Waals surface area contributed by atoms with Gasteiger partial charge in [-0.2, -0.15) is 13.9 Å². The molecule has 2 atom stereocenters. The van der Waals surface area contributed by atoms with E-state index < -0.39 is 6.61 Å². The van der Waals surface area contributed by atoms with E-state index in [0.717, 1.165) is 48.4 Å². The number of carbonyl (C=O) groups excluding carboxylic acids is 1. The SMILES string of the molecule is COC1(C2C=CC(c3cc4c(N5CCN(C(=O)OC6COC6)CC5)ccnn4c3)=NC2)CCN([C@@H](C)COC(F)F)CC1. The van der Waals surface area contributed by atoms with Gasteiger partial charge in [0.15, 0.2) is 6.10 Å². The van der Waals surface area contributed by atoms with E-state index in [0.29, 0.717) is 45.9 Å². The smallest absolute Gasteiger partial charge is 0.410 e. The number of ether oxygens (including phenoxy) is 4. The van der Waals surface area contributed by atoms with Crippen molar-refractivity contribution in [3.05, 3.63) is 42.2 Å². The Kier molecular flexibility index (Phi) is 8.94. The molecule has 13 heteroatoms. The van der Waals surface area contributed by atoms with Crippen LogP contribution in [0.1, 0.15) is 25.3 Å². The van der Waals surface area contributed by atoms with Crippen molar-refractivity contribution in [3.63, 3.8) is 0 Å². The van der Waals surface area contributed by atoms with E-state index in [9.17, 15) is 13.6 Å². The Hall–Kier alpha value is -3.13. The molecule has 43 heavy (non-hydrogen) atoms.